The molecular weight excluding hydrogens is 1330 g/mol. The molecule has 42 nitrogen and oxygen atoms in total. The van der Waals surface area contributed by atoms with Crippen LogP contribution in [0, 0.1) is 12.0 Å². The minimum Gasteiger partial charge on any atom is -0.756 e. The SMILES string of the molecule is Nc1ccc(C(=O)O)cc1.O=P([O-])([OH2+])OC[C@H]1OC(OP(=O)([O-])OP(=O)([O-])[OH2+])C(O)C1O.O=P([O-])([OH2+])OC[C@H]1O[CH+]C(O)C1O.[NH2+]=C1C=CC(C(=O)[O-])(C2O[C@H](COP(=O)([O-])[OH2+])[C@@H](O)[C@@H]2O)C=C1.[NH3+]c1ccc(C2O[C@H](COP(=O)([O-])[OH2+])[C@@H](O)[C@H]2O)cc1. The van der Waals surface area contributed by atoms with Crippen molar-refractivity contribution in [3.8, 4) is 0 Å². The largest absolute Gasteiger partial charge is 0.756 e. The number of carboxylic acids is 2. The zero-order chi connectivity index (χ0) is 67.3. The maximum atomic E-state index is 11.6. The Morgan fingerprint density at radius 1 is 0.602 bits per heavy atom. The third-order valence-corrected chi connectivity index (χ3v) is 15.7. The van der Waals surface area contributed by atoms with Gasteiger partial charge in [-0.15, -0.1) is 0 Å². The Kier molecular flexibility index (Phi) is 29.3. The van der Waals surface area contributed by atoms with Crippen LogP contribution >= 0.6 is 46.9 Å². The van der Waals surface area contributed by atoms with Crippen LogP contribution in [0.5, 0.6) is 0 Å². The number of rotatable bonds is 20. The number of carbonyl (C=O) groups excluding carboxylic acids is 1. The topological polar surface area (TPSA) is 766 Å². The van der Waals surface area contributed by atoms with Gasteiger partial charge in [0.15, 0.2) is 24.2 Å². The molecule has 48 heteroatoms. The summed E-state index contributed by atoms with van der Waals surface area (Å²) in [4.78, 5) is 118. The minimum absolute atomic E-state index is 0.259. The van der Waals surface area contributed by atoms with Crippen molar-refractivity contribution in [1.29, 1.82) is 0 Å². The number of hydrogen-bond donors (Lipinski definition) is 12. The Hall–Kier alpha value is -3.62. The van der Waals surface area contributed by atoms with Crippen LogP contribution in [0.1, 0.15) is 22.0 Å². The van der Waals surface area contributed by atoms with E-state index in [0.29, 0.717) is 11.3 Å². The minimum atomic E-state index is -5.61. The fourth-order valence-electron chi connectivity index (χ4n) is 7.40. The second kappa shape index (κ2) is 32.8. The lowest BCUT2D eigenvalue weighted by molar-refractivity contribution is -0.319. The van der Waals surface area contributed by atoms with Crippen molar-refractivity contribution < 1.29 is 199 Å². The zero-order valence-corrected chi connectivity index (χ0v) is 49.6. The number of nitrogens with two attached hydrogens (primary N) is 2. The standard InChI is InChI=1S/C12H16NO9P.C11H16NO7P.C7H7NO2.C5H13O14P3.C5H9O7P/c13-6-1-3-12(4-2-6,11(16)17)10-9(15)8(14)7(22-10)5-21-23(18,19)20;12-7-3-1-6(2-4-7)11-10(14)9(13)8(19-11)5-18-20(15,16)17;8-6-3-1-5(2-4-6)7(9)10;6-3-2(1-16-20(8,9)10)17-5(4(3)7)18-22(14,15)19-21(11,12)13;6-3-1-11-4(5(3)7)2-12-13(8,9)10/h1-4,7-10,13-15H,5H2,(H,16,17)(H2,18,19,20);1-4,8-11,13-14H,5,12H2,(H2,15,16,17);1-4H,8H2,(H,9,10);2-7H,1H2,(H,14,15)(H2,8,9,10)(H2,11,12,13);1,3-7H,2H2,(H-,8,9,10)/p+1/t7-,8-,9+,10?,12?;8-,9-,10-,11?;;2-,3?,4?,5?;3?,4-,5?/m11.11/s1. The summed E-state index contributed by atoms with van der Waals surface area (Å²) in [6.45, 7) is -1.65. The van der Waals surface area contributed by atoms with Gasteiger partial charge in [0, 0.05) is 17.8 Å². The van der Waals surface area contributed by atoms with Crippen LogP contribution in [-0.4, -0.2) is 200 Å². The first-order valence-electron chi connectivity index (χ1n) is 23.9. The van der Waals surface area contributed by atoms with Crippen molar-refractivity contribution >= 4 is 76.0 Å². The molecule has 4 heterocycles. The van der Waals surface area contributed by atoms with E-state index in [1.165, 1.54) is 24.3 Å². The van der Waals surface area contributed by atoms with Gasteiger partial charge < -0.3 is 135 Å². The van der Waals surface area contributed by atoms with Gasteiger partial charge in [0.1, 0.15) is 72.8 Å². The van der Waals surface area contributed by atoms with E-state index in [9.17, 15) is 102 Å². The van der Waals surface area contributed by atoms with Gasteiger partial charge in [0.2, 0.25) is 0 Å². The summed E-state index contributed by atoms with van der Waals surface area (Å²) >= 11 is 0. The molecule has 4 saturated heterocycles. The van der Waals surface area contributed by atoms with Crippen LogP contribution < -0.4 is 51.3 Å². The first-order chi connectivity index (χ1) is 40.1. The summed E-state index contributed by atoms with van der Waals surface area (Å²) in [6, 6.07) is 12.9. The number of hydrogen-bond acceptors (Lipinski definition) is 34. The van der Waals surface area contributed by atoms with Crippen LogP contribution in [0.4, 0.5) is 11.4 Å². The third kappa shape index (κ3) is 26.2. The lowest BCUT2D eigenvalue weighted by atomic mass is 9.76. The molecule has 4 fully saturated rings. The second-order valence-corrected chi connectivity index (χ2v) is 26.1. The van der Waals surface area contributed by atoms with Crippen LogP contribution in [0.3, 0.4) is 0 Å². The first kappa shape index (κ1) is 78.6. The number of phosphoric ester groups is 1. The lowest BCUT2D eigenvalue weighted by Gasteiger charge is -2.36. The van der Waals surface area contributed by atoms with Crippen LogP contribution in [0.2, 0.25) is 0 Å². The molecule has 2 aromatic rings. The molecule has 4 aliphatic heterocycles. The van der Waals surface area contributed by atoms with E-state index in [4.69, 9.17) is 60.4 Å². The number of aromatic carboxylic acids is 1. The quantitative estimate of drug-likeness (QED) is 0.0253. The monoisotopic (exact) mass is 1390 g/mol. The Morgan fingerprint density at radius 3 is 1.43 bits per heavy atom. The number of aliphatic hydroxyl groups is 8. The number of aliphatic hydroxyl groups excluding tert-OH is 8. The normalized spacial score (nSPS) is 32.7. The maximum absolute atomic E-state index is 11.6. The van der Waals surface area contributed by atoms with Crippen molar-refractivity contribution in [3.63, 3.8) is 0 Å². The zero-order valence-electron chi connectivity index (χ0n) is 44.3. The molecule has 500 valence electrons. The van der Waals surface area contributed by atoms with Crippen molar-refractivity contribution in [1.82, 2.24) is 0 Å². The Morgan fingerprint density at radius 2 is 1.02 bits per heavy atom. The van der Waals surface area contributed by atoms with E-state index < -0.39 is 182 Å². The highest BCUT2D eigenvalue weighted by molar-refractivity contribution is 7.59. The fourth-order valence-corrected chi connectivity index (χ4v) is 10.4. The molecule has 0 saturated carbocycles. The Balaban J connectivity index is 0.000000295. The van der Waals surface area contributed by atoms with Crippen molar-refractivity contribution in [2.24, 2.45) is 5.41 Å². The van der Waals surface area contributed by atoms with E-state index >= 15 is 0 Å². The molecule has 0 amide bonds. The fraction of sp³-hybridized carbons (Fsp3) is 0.500. The van der Waals surface area contributed by atoms with Gasteiger partial charge >= 0.3 is 45.1 Å². The molecule has 26 N–H and O–H groups in total. The Bertz CT molecular complexity index is 2970. The molecule has 13 unspecified atom stereocenters. The average molecular weight is 1390 g/mol. The molecule has 0 aromatic heterocycles. The van der Waals surface area contributed by atoms with E-state index in [0.717, 1.165) is 24.4 Å². The van der Waals surface area contributed by atoms with Crippen LogP contribution in [-0.2, 0) is 78.1 Å². The summed E-state index contributed by atoms with van der Waals surface area (Å²) in [6.07, 6.45) is -16.3. The van der Waals surface area contributed by atoms with Crippen LogP contribution in [0.15, 0.2) is 72.8 Å². The number of nitrogen functional groups attached to an aromatic ring is 1. The first-order valence-corrected chi connectivity index (χ1v) is 33.0. The lowest BCUT2D eigenvalue weighted by Crippen LogP contribution is -2.53. The number of aliphatic carboxylic acids is 1. The van der Waals surface area contributed by atoms with Crippen molar-refractivity contribution in [2.75, 3.05) is 32.2 Å². The number of allylic oxidation sites excluding steroid dienone is 2. The smallest absolute Gasteiger partial charge is 0.431 e. The summed E-state index contributed by atoms with van der Waals surface area (Å²) in [5.41, 5.74) is 9.72. The van der Waals surface area contributed by atoms with Gasteiger partial charge in [0.25, 0.3) is 20.5 Å². The van der Waals surface area contributed by atoms with Crippen LogP contribution in [0.25, 0.3) is 0 Å². The van der Waals surface area contributed by atoms with E-state index in [2.05, 4.69) is 42.1 Å². The molecule has 21 atom stereocenters. The molecule has 7 rings (SSSR count). The molecule has 88 heavy (non-hydrogen) atoms. The highest BCUT2D eigenvalue weighted by Gasteiger charge is 2.53. The van der Waals surface area contributed by atoms with E-state index in [-0.39, 0.29) is 11.3 Å². The second-order valence-electron chi connectivity index (χ2n) is 18.3. The average Bonchev–Trinajstić information content (AvgIpc) is 1.64. The number of quaternary nitrogens is 1. The van der Waals surface area contributed by atoms with Gasteiger partial charge in [-0.1, -0.05) is 24.3 Å². The molecule has 0 bridgehead atoms. The van der Waals surface area contributed by atoms with Crippen molar-refractivity contribution in [2.45, 2.75) is 91.7 Å². The number of carboxylic acid groups (broad SMARTS) is 2. The predicted molar refractivity (Wildman–Crippen MR) is 271 cm³/mol. The highest BCUT2D eigenvalue weighted by atomic mass is 31.3. The molecule has 0 radical (unpaired) electrons. The Labute approximate surface area is 493 Å². The number of carbonyl (C=O) groups is 2. The molecule has 0 spiro atoms. The summed E-state index contributed by atoms with van der Waals surface area (Å²) in [7, 11) is -30.0. The highest BCUT2D eigenvalue weighted by Crippen LogP contribution is 2.54. The summed E-state index contributed by atoms with van der Waals surface area (Å²) < 4.78 is 108. The number of benzene rings is 2. The van der Waals surface area contributed by atoms with E-state index in [1.807, 2.05) is 0 Å². The van der Waals surface area contributed by atoms with Gasteiger partial charge in [-0.25, -0.2) is 31.9 Å². The molecular formula is C40H62N3O39P6+. The van der Waals surface area contributed by atoms with Gasteiger partial charge in [-0.3, -0.25) is 32.6 Å². The summed E-state index contributed by atoms with van der Waals surface area (Å²) in [5, 5.41) is 102. The van der Waals surface area contributed by atoms with Gasteiger partial charge in [0.05, 0.1) is 43.4 Å². The number of phosphoric acid groups is 1. The number of anilines is 1. The van der Waals surface area contributed by atoms with Crippen molar-refractivity contribution in [3.05, 3.63) is 90.6 Å². The molecule has 2 aromatic carbocycles. The summed E-state index contributed by atoms with van der Waals surface area (Å²) in [5.74, 6) is -2.52. The number of ether oxygens (including phenoxy) is 4. The van der Waals surface area contributed by atoms with Gasteiger partial charge in [-0.05, 0) is 42.0 Å². The molecule has 5 aliphatic rings. The predicted octanol–water partition coefficient (Wildman–Crippen LogP) is -13.5. The van der Waals surface area contributed by atoms with E-state index in [1.54, 1.807) is 36.4 Å². The third-order valence-electron chi connectivity index (χ3n) is 11.6. The molecule has 1 aliphatic carbocycles. The van der Waals surface area contributed by atoms with Gasteiger partial charge in [-0.2, -0.15) is 4.74 Å². The maximum Gasteiger partial charge on any atom is 0.431 e.